The molecule has 1 aliphatic heterocycles. The van der Waals surface area contributed by atoms with E-state index in [2.05, 4.69) is 20.9 Å². The molecule has 1 fully saturated rings. The minimum absolute atomic E-state index is 0.0753. The standard InChI is InChI=1S/C24H21N5O4/c30-21-15-26-24(33)29(21)19-10-4-9-18(13-19)27-23(32)20(12-16-6-5-11-25-14-16)28-22(31)17-7-2-1-3-8-17/h1-11,13-14,20H,12,15H2,(H,26,33)(H,27,32)(H,28,31). The highest BCUT2D eigenvalue weighted by molar-refractivity contribution is 6.20. The minimum atomic E-state index is -0.887. The molecule has 5 amide bonds. The van der Waals surface area contributed by atoms with Crippen molar-refractivity contribution >= 4 is 35.1 Å². The average molecular weight is 443 g/mol. The molecule has 166 valence electrons. The first-order chi connectivity index (χ1) is 16.0. The van der Waals surface area contributed by atoms with Gasteiger partial charge in [-0.3, -0.25) is 19.4 Å². The molecule has 1 aliphatic rings. The van der Waals surface area contributed by atoms with Gasteiger partial charge in [0.15, 0.2) is 0 Å². The molecular weight excluding hydrogens is 422 g/mol. The summed E-state index contributed by atoms with van der Waals surface area (Å²) in [7, 11) is 0. The molecule has 9 nitrogen and oxygen atoms in total. The SMILES string of the molecule is O=C(NC(Cc1cccnc1)C(=O)Nc1cccc(N2C(=O)CNC2=O)c1)c1ccccc1. The topological polar surface area (TPSA) is 120 Å². The molecular formula is C24H21N5O4. The number of nitrogens with one attached hydrogen (secondary N) is 3. The molecule has 2 aromatic carbocycles. The maximum Gasteiger partial charge on any atom is 0.329 e. The lowest BCUT2D eigenvalue weighted by Crippen LogP contribution is -2.45. The number of benzene rings is 2. The molecule has 2 heterocycles. The molecule has 0 radical (unpaired) electrons. The Kier molecular flexibility index (Phi) is 6.40. The number of pyridine rings is 1. The molecule has 3 aromatic rings. The van der Waals surface area contributed by atoms with Crippen molar-refractivity contribution in [3.8, 4) is 0 Å². The van der Waals surface area contributed by atoms with E-state index in [1.54, 1.807) is 67.0 Å². The first-order valence-corrected chi connectivity index (χ1v) is 10.3. The van der Waals surface area contributed by atoms with Crippen molar-refractivity contribution in [3.63, 3.8) is 0 Å². The summed E-state index contributed by atoms with van der Waals surface area (Å²) in [6, 6.07) is 17.2. The number of carbonyl (C=O) groups is 4. The van der Waals surface area contributed by atoms with Crippen LogP contribution in [0, 0.1) is 0 Å². The molecule has 1 aromatic heterocycles. The van der Waals surface area contributed by atoms with Crippen LogP contribution in [0.3, 0.4) is 0 Å². The Labute approximate surface area is 189 Å². The number of anilines is 2. The number of rotatable bonds is 7. The van der Waals surface area contributed by atoms with Crippen molar-refractivity contribution in [1.82, 2.24) is 15.6 Å². The van der Waals surface area contributed by atoms with Crippen LogP contribution in [0.15, 0.2) is 79.1 Å². The third-order valence-electron chi connectivity index (χ3n) is 5.04. The van der Waals surface area contributed by atoms with Crippen LogP contribution in [0.1, 0.15) is 15.9 Å². The van der Waals surface area contributed by atoms with Crippen LogP contribution in [0.4, 0.5) is 16.2 Å². The normalized spacial score (nSPS) is 13.9. The summed E-state index contributed by atoms with van der Waals surface area (Å²) in [4.78, 5) is 54.9. The van der Waals surface area contributed by atoms with Gasteiger partial charge in [-0.25, -0.2) is 9.69 Å². The van der Waals surface area contributed by atoms with E-state index in [1.807, 2.05) is 6.07 Å². The van der Waals surface area contributed by atoms with Gasteiger partial charge in [0.05, 0.1) is 12.2 Å². The Bertz CT molecular complexity index is 1170. The van der Waals surface area contributed by atoms with Gasteiger partial charge in [-0.05, 0) is 42.0 Å². The number of nitrogens with zero attached hydrogens (tertiary/aromatic N) is 2. The Balaban J connectivity index is 1.53. The zero-order chi connectivity index (χ0) is 23.2. The summed E-state index contributed by atoms with van der Waals surface area (Å²) in [6.45, 7) is -0.0753. The molecule has 0 bridgehead atoms. The van der Waals surface area contributed by atoms with Gasteiger partial charge in [0, 0.05) is 30.1 Å². The second-order valence-corrected chi connectivity index (χ2v) is 7.38. The average Bonchev–Trinajstić information content (AvgIpc) is 3.17. The van der Waals surface area contributed by atoms with E-state index in [1.165, 1.54) is 6.07 Å². The van der Waals surface area contributed by atoms with Crippen LogP contribution in [-0.4, -0.2) is 41.3 Å². The quantitative estimate of drug-likeness (QED) is 0.483. The molecule has 9 heteroatoms. The summed E-state index contributed by atoms with van der Waals surface area (Å²) in [5, 5.41) is 8.00. The smallest absolute Gasteiger partial charge is 0.329 e. The van der Waals surface area contributed by atoms with Gasteiger partial charge in [-0.15, -0.1) is 0 Å². The minimum Gasteiger partial charge on any atom is -0.340 e. The van der Waals surface area contributed by atoms with Crippen LogP contribution in [0.5, 0.6) is 0 Å². The number of imide groups is 1. The van der Waals surface area contributed by atoms with Crippen LogP contribution in [0.2, 0.25) is 0 Å². The summed E-state index contributed by atoms with van der Waals surface area (Å²) in [5.74, 6) is -1.21. The van der Waals surface area contributed by atoms with Crippen molar-refractivity contribution in [2.24, 2.45) is 0 Å². The van der Waals surface area contributed by atoms with Crippen LogP contribution < -0.4 is 20.9 Å². The molecule has 3 N–H and O–H groups in total. The fourth-order valence-electron chi connectivity index (χ4n) is 3.43. The summed E-state index contributed by atoms with van der Waals surface area (Å²) >= 11 is 0. The Morgan fingerprint density at radius 2 is 1.85 bits per heavy atom. The number of aromatic nitrogens is 1. The van der Waals surface area contributed by atoms with Crippen molar-refractivity contribution in [3.05, 3.63) is 90.3 Å². The maximum atomic E-state index is 13.1. The highest BCUT2D eigenvalue weighted by Gasteiger charge is 2.30. The number of carbonyl (C=O) groups excluding carboxylic acids is 4. The van der Waals surface area contributed by atoms with Gasteiger partial charge >= 0.3 is 6.03 Å². The van der Waals surface area contributed by atoms with E-state index >= 15 is 0 Å². The fourth-order valence-corrected chi connectivity index (χ4v) is 3.43. The molecule has 1 unspecified atom stereocenters. The van der Waals surface area contributed by atoms with Gasteiger partial charge in [-0.1, -0.05) is 30.3 Å². The van der Waals surface area contributed by atoms with Crippen molar-refractivity contribution in [2.75, 3.05) is 16.8 Å². The Hall–Kier alpha value is -4.53. The van der Waals surface area contributed by atoms with Crippen molar-refractivity contribution in [1.29, 1.82) is 0 Å². The zero-order valence-corrected chi connectivity index (χ0v) is 17.5. The Morgan fingerprint density at radius 1 is 1.03 bits per heavy atom. The zero-order valence-electron chi connectivity index (χ0n) is 17.5. The Morgan fingerprint density at radius 3 is 2.55 bits per heavy atom. The van der Waals surface area contributed by atoms with Crippen LogP contribution >= 0.6 is 0 Å². The lowest BCUT2D eigenvalue weighted by atomic mass is 10.1. The molecule has 0 spiro atoms. The largest absolute Gasteiger partial charge is 0.340 e. The highest BCUT2D eigenvalue weighted by Crippen LogP contribution is 2.22. The second kappa shape index (κ2) is 9.73. The molecule has 4 rings (SSSR count). The van der Waals surface area contributed by atoms with E-state index in [0.717, 1.165) is 10.5 Å². The number of hydrogen-bond donors (Lipinski definition) is 3. The molecule has 0 saturated carbocycles. The van der Waals surface area contributed by atoms with E-state index < -0.39 is 18.0 Å². The third kappa shape index (κ3) is 5.21. The molecule has 0 aliphatic carbocycles. The molecule has 1 saturated heterocycles. The first-order valence-electron chi connectivity index (χ1n) is 10.3. The van der Waals surface area contributed by atoms with E-state index in [4.69, 9.17) is 0 Å². The van der Waals surface area contributed by atoms with Gasteiger partial charge in [0.2, 0.25) is 5.91 Å². The lowest BCUT2D eigenvalue weighted by molar-refractivity contribution is -0.118. The second-order valence-electron chi connectivity index (χ2n) is 7.38. The first kappa shape index (κ1) is 21.7. The number of hydrogen-bond acceptors (Lipinski definition) is 5. The van der Waals surface area contributed by atoms with Gasteiger partial charge < -0.3 is 16.0 Å². The van der Waals surface area contributed by atoms with Gasteiger partial charge in [-0.2, -0.15) is 0 Å². The fraction of sp³-hybridized carbons (Fsp3) is 0.125. The van der Waals surface area contributed by atoms with E-state index in [0.29, 0.717) is 16.9 Å². The lowest BCUT2D eigenvalue weighted by Gasteiger charge is -2.19. The third-order valence-corrected chi connectivity index (χ3v) is 5.04. The number of amides is 5. The summed E-state index contributed by atoms with van der Waals surface area (Å²) in [6.07, 6.45) is 3.49. The predicted molar refractivity (Wildman–Crippen MR) is 122 cm³/mol. The predicted octanol–water partition coefficient (Wildman–Crippen LogP) is 2.12. The monoisotopic (exact) mass is 443 g/mol. The summed E-state index contributed by atoms with van der Waals surface area (Å²) < 4.78 is 0. The molecule has 1 atom stereocenters. The molecule has 33 heavy (non-hydrogen) atoms. The van der Waals surface area contributed by atoms with E-state index in [-0.39, 0.29) is 24.8 Å². The van der Waals surface area contributed by atoms with Gasteiger partial charge in [0.25, 0.3) is 11.8 Å². The van der Waals surface area contributed by atoms with Gasteiger partial charge in [0.1, 0.15) is 6.04 Å². The highest BCUT2D eigenvalue weighted by atomic mass is 16.2. The summed E-state index contributed by atoms with van der Waals surface area (Å²) in [5.41, 5.74) is 1.93. The maximum absolute atomic E-state index is 13.1. The van der Waals surface area contributed by atoms with Crippen molar-refractivity contribution < 1.29 is 19.2 Å². The van der Waals surface area contributed by atoms with Crippen LogP contribution in [-0.2, 0) is 16.0 Å². The van der Waals surface area contributed by atoms with E-state index in [9.17, 15) is 19.2 Å². The number of urea groups is 1. The van der Waals surface area contributed by atoms with Crippen molar-refractivity contribution in [2.45, 2.75) is 12.5 Å². The van der Waals surface area contributed by atoms with Crippen LogP contribution in [0.25, 0.3) is 0 Å².